The van der Waals surface area contributed by atoms with Crippen LogP contribution in [0.3, 0.4) is 0 Å². The number of nitrogens with zero attached hydrogens (tertiary/aromatic N) is 4. The summed E-state index contributed by atoms with van der Waals surface area (Å²) in [6, 6.07) is 12.4. The number of aryl methyl sites for hydroxylation is 2. The second-order valence-electron chi connectivity index (χ2n) is 8.75. The van der Waals surface area contributed by atoms with E-state index < -0.39 is 12.1 Å². The van der Waals surface area contributed by atoms with Crippen LogP contribution >= 0.6 is 11.3 Å². The Kier molecular flexibility index (Phi) is 9.81. The molecule has 0 saturated carbocycles. The van der Waals surface area contributed by atoms with Gasteiger partial charge >= 0.3 is 12.1 Å². The zero-order chi connectivity index (χ0) is 27.0. The largest absolute Gasteiger partial charge is 0.490 e. The predicted octanol–water partition coefficient (Wildman–Crippen LogP) is 4.04. The van der Waals surface area contributed by atoms with Crippen LogP contribution in [0, 0.1) is 12.8 Å². The Balaban J connectivity index is 0.000000479. The molecule has 2 atom stereocenters. The van der Waals surface area contributed by atoms with Crippen molar-refractivity contribution >= 4 is 23.2 Å². The molecule has 3 heterocycles. The molecule has 3 aromatic rings. The Morgan fingerprint density at radius 3 is 2.46 bits per heavy atom. The van der Waals surface area contributed by atoms with Crippen LogP contribution < -0.4 is 0 Å². The van der Waals surface area contributed by atoms with E-state index in [1.54, 1.807) is 16.0 Å². The molecule has 1 saturated heterocycles. The highest BCUT2D eigenvalue weighted by Crippen LogP contribution is 2.26. The molecule has 200 valence electrons. The van der Waals surface area contributed by atoms with Crippen molar-refractivity contribution in [1.82, 2.24) is 19.7 Å². The molecule has 0 bridgehead atoms. The average molecular weight is 539 g/mol. The lowest BCUT2D eigenvalue weighted by molar-refractivity contribution is -0.192. The van der Waals surface area contributed by atoms with E-state index >= 15 is 0 Å². The third-order valence-electron chi connectivity index (χ3n) is 5.81. The zero-order valence-electron chi connectivity index (χ0n) is 20.5. The smallest absolute Gasteiger partial charge is 0.475 e. The molecule has 1 aromatic carbocycles. The number of piperidine rings is 1. The van der Waals surface area contributed by atoms with E-state index in [-0.39, 0.29) is 17.9 Å². The van der Waals surface area contributed by atoms with Crippen molar-refractivity contribution < 1.29 is 32.6 Å². The van der Waals surface area contributed by atoms with Crippen molar-refractivity contribution in [1.29, 1.82) is 0 Å². The van der Waals surface area contributed by atoms with Gasteiger partial charge in [0.1, 0.15) is 0 Å². The number of ether oxygens (including phenoxy) is 1. The number of likely N-dealkylation sites (tertiary alicyclic amines) is 1. The fourth-order valence-electron chi connectivity index (χ4n) is 4.06. The molecule has 1 N–H and O–H groups in total. The molecule has 12 heteroatoms. The Morgan fingerprint density at radius 1 is 1.19 bits per heavy atom. The number of aromatic nitrogens is 3. The normalized spacial score (nSPS) is 17.7. The van der Waals surface area contributed by atoms with Crippen molar-refractivity contribution in [3.63, 3.8) is 0 Å². The quantitative estimate of drug-likeness (QED) is 0.488. The molecule has 1 aliphatic heterocycles. The van der Waals surface area contributed by atoms with Crippen LogP contribution in [0.5, 0.6) is 0 Å². The summed E-state index contributed by atoms with van der Waals surface area (Å²) in [5, 5.41) is 14.6. The number of rotatable bonds is 7. The first kappa shape index (κ1) is 28.3. The monoisotopic (exact) mass is 538 g/mol. The van der Waals surface area contributed by atoms with Crippen LogP contribution in [-0.4, -0.2) is 62.0 Å². The van der Waals surface area contributed by atoms with Gasteiger partial charge in [0, 0.05) is 37.6 Å². The number of benzene rings is 1. The maximum Gasteiger partial charge on any atom is 0.490 e. The van der Waals surface area contributed by atoms with Gasteiger partial charge in [-0.2, -0.15) is 18.3 Å². The van der Waals surface area contributed by atoms with Gasteiger partial charge in [-0.25, -0.2) is 9.78 Å². The van der Waals surface area contributed by atoms with Crippen LogP contribution in [0.25, 0.3) is 0 Å². The number of carbonyl (C=O) groups excluding carboxylic acids is 1. The predicted molar refractivity (Wildman–Crippen MR) is 131 cm³/mol. The van der Waals surface area contributed by atoms with E-state index in [2.05, 4.69) is 39.7 Å². The molecule has 0 radical (unpaired) electrons. The lowest BCUT2D eigenvalue weighted by Crippen LogP contribution is -2.48. The van der Waals surface area contributed by atoms with E-state index in [1.807, 2.05) is 37.2 Å². The van der Waals surface area contributed by atoms with Gasteiger partial charge in [-0.05, 0) is 31.4 Å². The van der Waals surface area contributed by atoms with Crippen LogP contribution in [0.15, 0.2) is 48.0 Å². The number of carboxylic acid groups (broad SMARTS) is 1. The standard InChI is InChI=1S/C23H28N4O2S.C2HF3O2/c1-17-24-21(16-30-17)15-29-22-9-11-27(23(28)13-20-8-10-26(2)25-20)14-19(22)12-18-6-4-3-5-7-18;3-2(4,5)1(6)7/h3-8,10,16,19,22H,9,11-15H2,1-2H3;(H,6,7)/t19-,22-;/m1./s1. The molecular formula is C25H29F3N4O4S. The summed E-state index contributed by atoms with van der Waals surface area (Å²) in [4.78, 5) is 28.3. The van der Waals surface area contributed by atoms with Gasteiger partial charge < -0.3 is 14.7 Å². The summed E-state index contributed by atoms with van der Waals surface area (Å²) < 4.78 is 39.8. The molecule has 8 nitrogen and oxygen atoms in total. The minimum absolute atomic E-state index is 0.117. The van der Waals surface area contributed by atoms with Crippen molar-refractivity contribution in [3.8, 4) is 0 Å². The number of alkyl halides is 3. The second-order valence-corrected chi connectivity index (χ2v) is 9.81. The van der Waals surface area contributed by atoms with E-state index in [9.17, 15) is 18.0 Å². The van der Waals surface area contributed by atoms with E-state index in [1.165, 1.54) is 5.56 Å². The van der Waals surface area contributed by atoms with Crippen molar-refractivity contribution in [2.75, 3.05) is 13.1 Å². The van der Waals surface area contributed by atoms with E-state index in [0.717, 1.165) is 35.8 Å². The summed E-state index contributed by atoms with van der Waals surface area (Å²) in [5.74, 6) is -2.36. The van der Waals surface area contributed by atoms with Crippen LogP contribution in [0.2, 0.25) is 0 Å². The first-order valence-electron chi connectivity index (χ1n) is 11.6. The molecule has 1 aliphatic rings. The highest BCUT2D eigenvalue weighted by molar-refractivity contribution is 7.09. The number of carboxylic acids is 1. The summed E-state index contributed by atoms with van der Waals surface area (Å²) in [7, 11) is 1.87. The van der Waals surface area contributed by atoms with Gasteiger partial charge in [0.2, 0.25) is 5.91 Å². The molecule has 4 rings (SSSR count). The van der Waals surface area contributed by atoms with Gasteiger partial charge in [0.05, 0.1) is 35.5 Å². The van der Waals surface area contributed by atoms with Crippen LogP contribution in [0.1, 0.15) is 28.4 Å². The lowest BCUT2D eigenvalue weighted by atomic mass is 9.88. The molecule has 37 heavy (non-hydrogen) atoms. The van der Waals surface area contributed by atoms with Crippen LogP contribution in [-0.2, 0) is 40.8 Å². The molecule has 2 aromatic heterocycles. The van der Waals surface area contributed by atoms with E-state index in [4.69, 9.17) is 14.6 Å². The summed E-state index contributed by atoms with van der Waals surface area (Å²) in [6.07, 6.45) is -1.00. The first-order valence-corrected chi connectivity index (χ1v) is 12.5. The van der Waals surface area contributed by atoms with Crippen LogP contribution in [0.4, 0.5) is 13.2 Å². The molecule has 0 spiro atoms. The SMILES string of the molecule is Cc1nc(CO[C@@H]2CCN(C(=O)Cc3ccn(C)n3)C[C@H]2Cc2ccccc2)cs1.O=C(O)C(F)(F)F. The Hall–Kier alpha value is -3.25. The average Bonchev–Trinajstić information content (AvgIpc) is 3.45. The minimum atomic E-state index is -5.08. The summed E-state index contributed by atoms with van der Waals surface area (Å²) in [6.45, 7) is 3.97. The molecular weight excluding hydrogens is 509 g/mol. The molecule has 1 amide bonds. The fraction of sp³-hybridized carbons (Fsp3) is 0.440. The van der Waals surface area contributed by atoms with Crippen molar-refractivity contribution in [2.45, 2.75) is 45.1 Å². The highest BCUT2D eigenvalue weighted by atomic mass is 32.1. The molecule has 1 fully saturated rings. The Labute approximate surface area is 216 Å². The molecule has 0 aliphatic carbocycles. The third kappa shape index (κ3) is 8.97. The van der Waals surface area contributed by atoms with Gasteiger partial charge in [0.25, 0.3) is 0 Å². The van der Waals surface area contributed by atoms with Crippen molar-refractivity contribution in [3.05, 3.63) is 69.9 Å². The van der Waals surface area contributed by atoms with E-state index in [0.29, 0.717) is 19.6 Å². The zero-order valence-corrected chi connectivity index (χ0v) is 21.3. The number of aliphatic carboxylic acids is 1. The van der Waals surface area contributed by atoms with Gasteiger partial charge in [-0.3, -0.25) is 9.48 Å². The fourth-order valence-corrected chi connectivity index (χ4v) is 4.66. The topological polar surface area (TPSA) is 97.5 Å². The summed E-state index contributed by atoms with van der Waals surface area (Å²) >= 11 is 1.65. The number of thiazole rings is 1. The number of hydrogen-bond donors (Lipinski definition) is 1. The Bertz CT molecular complexity index is 1170. The number of hydrogen-bond acceptors (Lipinski definition) is 6. The highest BCUT2D eigenvalue weighted by Gasteiger charge is 2.38. The minimum Gasteiger partial charge on any atom is -0.475 e. The third-order valence-corrected chi connectivity index (χ3v) is 6.64. The van der Waals surface area contributed by atoms with Gasteiger partial charge in [0.15, 0.2) is 0 Å². The first-order chi connectivity index (χ1) is 17.5. The molecule has 0 unspecified atom stereocenters. The number of carbonyl (C=O) groups is 2. The maximum atomic E-state index is 12.9. The number of amides is 1. The maximum absolute atomic E-state index is 12.9. The summed E-state index contributed by atoms with van der Waals surface area (Å²) in [5.41, 5.74) is 3.09. The lowest BCUT2D eigenvalue weighted by Gasteiger charge is -2.38. The Morgan fingerprint density at radius 2 is 1.89 bits per heavy atom. The van der Waals surface area contributed by atoms with Crippen molar-refractivity contribution in [2.24, 2.45) is 13.0 Å². The van der Waals surface area contributed by atoms with Gasteiger partial charge in [-0.1, -0.05) is 30.3 Å². The number of halogens is 3. The van der Waals surface area contributed by atoms with Gasteiger partial charge in [-0.15, -0.1) is 11.3 Å². The second kappa shape index (κ2) is 12.8.